The normalized spacial score (nSPS) is 10.1. The highest BCUT2D eigenvalue weighted by Gasteiger charge is 2.15. The average molecular weight is 303 g/mol. The van der Waals surface area contributed by atoms with Crippen LogP contribution in [0.25, 0.3) is 11.4 Å². The molecule has 0 spiro atoms. The summed E-state index contributed by atoms with van der Waals surface area (Å²) in [5.41, 5.74) is 0.504. The van der Waals surface area contributed by atoms with E-state index >= 15 is 0 Å². The van der Waals surface area contributed by atoms with Gasteiger partial charge in [0.1, 0.15) is 17.3 Å². The lowest BCUT2D eigenvalue weighted by atomic mass is 10.1. The van der Waals surface area contributed by atoms with Crippen molar-refractivity contribution in [1.29, 1.82) is 0 Å². The van der Waals surface area contributed by atoms with Crippen LogP contribution in [-0.2, 0) is 0 Å². The molecule has 0 aliphatic rings. The van der Waals surface area contributed by atoms with E-state index in [0.717, 1.165) is 0 Å². The molecular weight excluding hydrogens is 286 g/mol. The van der Waals surface area contributed by atoms with Crippen LogP contribution < -0.4 is 14.8 Å². The third-order valence-corrected chi connectivity index (χ3v) is 2.95. The summed E-state index contributed by atoms with van der Waals surface area (Å²) in [6, 6.07) is 6.56. The Morgan fingerprint density at radius 3 is 2.59 bits per heavy atom. The van der Waals surface area contributed by atoms with Gasteiger partial charge in [0.25, 0.3) is 0 Å². The smallest absolute Gasteiger partial charge is 0.354 e. The number of rotatable bonds is 6. The van der Waals surface area contributed by atoms with E-state index in [1.54, 1.807) is 25.3 Å². The van der Waals surface area contributed by atoms with Crippen LogP contribution in [0.3, 0.4) is 0 Å². The Labute approximate surface area is 127 Å². The van der Waals surface area contributed by atoms with Crippen LogP contribution in [0.15, 0.2) is 24.3 Å². The molecule has 2 rings (SSSR count). The first-order chi connectivity index (χ1) is 10.6. The van der Waals surface area contributed by atoms with Crippen LogP contribution in [0.2, 0.25) is 0 Å². The number of ether oxygens (including phenoxy) is 2. The number of carboxylic acids is 1. The van der Waals surface area contributed by atoms with Crippen molar-refractivity contribution in [2.24, 2.45) is 0 Å². The monoisotopic (exact) mass is 303 g/mol. The van der Waals surface area contributed by atoms with Crippen molar-refractivity contribution >= 4 is 11.8 Å². The van der Waals surface area contributed by atoms with Gasteiger partial charge in [-0.15, -0.1) is 0 Å². The van der Waals surface area contributed by atoms with Crippen LogP contribution in [0.1, 0.15) is 17.4 Å². The van der Waals surface area contributed by atoms with Crippen molar-refractivity contribution in [2.45, 2.75) is 6.92 Å². The molecular formula is C15H17N3O4. The van der Waals surface area contributed by atoms with E-state index in [-0.39, 0.29) is 11.5 Å². The Morgan fingerprint density at radius 1 is 1.23 bits per heavy atom. The number of anilines is 1. The highest BCUT2D eigenvalue weighted by molar-refractivity contribution is 5.87. The maximum atomic E-state index is 11.2. The second-order valence-corrected chi connectivity index (χ2v) is 4.36. The number of benzene rings is 1. The Bertz CT molecular complexity index is 688. The van der Waals surface area contributed by atoms with E-state index in [4.69, 9.17) is 9.47 Å². The summed E-state index contributed by atoms with van der Waals surface area (Å²) in [7, 11) is 3.07. The SMILES string of the molecule is CCNc1cc(C(=O)O)nc(-c2ccc(OC)cc2OC)n1. The zero-order valence-corrected chi connectivity index (χ0v) is 12.6. The molecule has 0 atom stereocenters. The minimum atomic E-state index is -1.12. The molecule has 1 heterocycles. The number of aromatic nitrogens is 2. The topological polar surface area (TPSA) is 93.6 Å². The average Bonchev–Trinajstić information content (AvgIpc) is 2.54. The van der Waals surface area contributed by atoms with Crippen LogP contribution in [-0.4, -0.2) is 41.8 Å². The fourth-order valence-corrected chi connectivity index (χ4v) is 1.93. The molecule has 0 bridgehead atoms. The quantitative estimate of drug-likeness (QED) is 0.845. The molecule has 0 aliphatic heterocycles. The highest BCUT2D eigenvalue weighted by atomic mass is 16.5. The molecule has 7 nitrogen and oxygen atoms in total. The number of nitrogens with one attached hydrogen (secondary N) is 1. The van der Waals surface area contributed by atoms with Crippen molar-refractivity contribution in [2.75, 3.05) is 26.1 Å². The number of hydrogen-bond acceptors (Lipinski definition) is 6. The molecule has 2 aromatic rings. The lowest BCUT2D eigenvalue weighted by Gasteiger charge is -2.11. The van der Waals surface area contributed by atoms with Crippen molar-refractivity contribution in [3.05, 3.63) is 30.0 Å². The van der Waals surface area contributed by atoms with E-state index < -0.39 is 5.97 Å². The van der Waals surface area contributed by atoms with Gasteiger partial charge < -0.3 is 19.9 Å². The summed E-state index contributed by atoms with van der Waals surface area (Å²) < 4.78 is 10.5. The molecule has 1 aromatic carbocycles. The first-order valence-electron chi connectivity index (χ1n) is 6.67. The van der Waals surface area contributed by atoms with Gasteiger partial charge in [-0.25, -0.2) is 14.8 Å². The van der Waals surface area contributed by atoms with Gasteiger partial charge in [0, 0.05) is 18.7 Å². The molecule has 22 heavy (non-hydrogen) atoms. The van der Waals surface area contributed by atoms with Crippen LogP contribution in [0, 0.1) is 0 Å². The zero-order valence-electron chi connectivity index (χ0n) is 12.6. The minimum absolute atomic E-state index is 0.0844. The van der Waals surface area contributed by atoms with Gasteiger partial charge in [-0.2, -0.15) is 0 Å². The summed E-state index contributed by atoms with van der Waals surface area (Å²) in [6.07, 6.45) is 0. The molecule has 0 fully saturated rings. The third-order valence-electron chi connectivity index (χ3n) is 2.95. The predicted molar refractivity (Wildman–Crippen MR) is 81.7 cm³/mol. The molecule has 2 N–H and O–H groups in total. The summed E-state index contributed by atoms with van der Waals surface area (Å²) in [5, 5.41) is 12.2. The number of hydrogen-bond donors (Lipinski definition) is 2. The van der Waals surface area contributed by atoms with Gasteiger partial charge in [0.15, 0.2) is 11.5 Å². The van der Waals surface area contributed by atoms with Crippen LogP contribution >= 0.6 is 0 Å². The number of methoxy groups -OCH3 is 2. The summed E-state index contributed by atoms with van der Waals surface area (Å²) in [4.78, 5) is 19.6. The van der Waals surface area contributed by atoms with Gasteiger partial charge in [-0.3, -0.25) is 0 Å². The second-order valence-electron chi connectivity index (χ2n) is 4.36. The van der Waals surface area contributed by atoms with Crippen molar-refractivity contribution in [1.82, 2.24) is 9.97 Å². The molecule has 0 saturated heterocycles. The number of nitrogens with zero attached hydrogens (tertiary/aromatic N) is 2. The Hall–Kier alpha value is -2.83. The van der Waals surface area contributed by atoms with Crippen molar-refractivity contribution in [3.8, 4) is 22.9 Å². The van der Waals surface area contributed by atoms with Gasteiger partial charge in [0.05, 0.1) is 19.8 Å². The Morgan fingerprint density at radius 2 is 2.00 bits per heavy atom. The molecule has 116 valence electrons. The predicted octanol–water partition coefficient (Wildman–Crippen LogP) is 2.29. The van der Waals surface area contributed by atoms with E-state index in [9.17, 15) is 9.90 Å². The summed E-state index contributed by atoms with van der Waals surface area (Å²) >= 11 is 0. The van der Waals surface area contributed by atoms with Crippen LogP contribution in [0.5, 0.6) is 11.5 Å². The summed E-state index contributed by atoms with van der Waals surface area (Å²) in [6.45, 7) is 2.52. The summed E-state index contributed by atoms with van der Waals surface area (Å²) in [5.74, 6) is 0.736. The third kappa shape index (κ3) is 3.25. The highest BCUT2D eigenvalue weighted by Crippen LogP contribution is 2.32. The number of aromatic carboxylic acids is 1. The fourth-order valence-electron chi connectivity index (χ4n) is 1.93. The molecule has 0 saturated carbocycles. The Balaban J connectivity index is 2.57. The standard InChI is InChI=1S/C15H17N3O4/c1-4-16-13-8-11(15(19)20)17-14(18-13)10-6-5-9(21-2)7-12(10)22-3/h5-8H,4H2,1-3H3,(H,19,20)(H,16,17,18). The van der Waals surface area contributed by atoms with Gasteiger partial charge in [-0.05, 0) is 19.1 Å². The molecule has 0 unspecified atom stereocenters. The largest absolute Gasteiger partial charge is 0.497 e. The number of carbonyl (C=O) groups is 1. The molecule has 0 amide bonds. The van der Waals surface area contributed by atoms with E-state index in [2.05, 4.69) is 15.3 Å². The maximum absolute atomic E-state index is 11.2. The molecule has 0 radical (unpaired) electrons. The first-order valence-corrected chi connectivity index (χ1v) is 6.67. The van der Waals surface area contributed by atoms with Gasteiger partial charge >= 0.3 is 5.97 Å². The molecule has 0 aliphatic carbocycles. The first kappa shape index (κ1) is 15.6. The second kappa shape index (κ2) is 6.75. The van der Waals surface area contributed by atoms with Crippen molar-refractivity contribution in [3.63, 3.8) is 0 Å². The lowest BCUT2D eigenvalue weighted by Crippen LogP contribution is -2.08. The van der Waals surface area contributed by atoms with Crippen LogP contribution in [0.4, 0.5) is 5.82 Å². The van der Waals surface area contributed by atoms with E-state index in [1.165, 1.54) is 13.2 Å². The van der Waals surface area contributed by atoms with Gasteiger partial charge in [-0.1, -0.05) is 0 Å². The molecule has 7 heteroatoms. The van der Waals surface area contributed by atoms with E-state index in [1.807, 2.05) is 6.92 Å². The fraction of sp³-hybridized carbons (Fsp3) is 0.267. The van der Waals surface area contributed by atoms with E-state index in [0.29, 0.717) is 29.4 Å². The van der Waals surface area contributed by atoms with Crippen molar-refractivity contribution < 1.29 is 19.4 Å². The molecule has 1 aromatic heterocycles. The lowest BCUT2D eigenvalue weighted by molar-refractivity contribution is 0.0690. The Kier molecular flexibility index (Phi) is 4.77. The maximum Gasteiger partial charge on any atom is 0.354 e. The van der Waals surface area contributed by atoms with Gasteiger partial charge in [0.2, 0.25) is 0 Å². The zero-order chi connectivity index (χ0) is 16.1. The number of carboxylic acid groups (broad SMARTS) is 1. The minimum Gasteiger partial charge on any atom is -0.497 e.